The smallest absolute Gasteiger partial charge is 0.143 e. The first-order valence-corrected chi connectivity index (χ1v) is 18.6. The Morgan fingerprint density at radius 3 is 1.65 bits per heavy atom. The zero-order valence-corrected chi connectivity index (χ0v) is 30.3. The molecule has 0 radical (unpaired) electrons. The van der Waals surface area contributed by atoms with E-state index < -0.39 is 0 Å². The predicted octanol–water partition coefficient (Wildman–Crippen LogP) is 15.0. The molecule has 0 aliphatic heterocycles. The van der Waals surface area contributed by atoms with Crippen LogP contribution in [0.1, 0.15) is 11.1 Å². The highest BCUT2D eigenvalue weighted by atomic mass is 16.3. The maximum Gasteiger partial charge on any atom is 0.143 e. The van der Waals surface area contributed by atoms with Gasteiger partial charge in [0.15, 0.2) is 0 Å². The van der Waals surface area contributed by atoms with Crippen molar-refractivity contribution in [1.29, 1.82) is 0 Å². The minimum absolute atomic E-state index is 0.921. The van der Waals surface area contributed by atoms with E-state index in [0.29, 0.717) is 0 Å². The highest BCUT2D eigenvalue weighted by Crippen LogP contribution is 2.41. The fraction of sp³-hybridized carbons (Fsp3) is 0.0385. The molecule has 0 unspecified atom stereocenters. The van der Waals surface area contributed by atoms with Gasteiger partial charge in [0.05, 0.1) is 0 Å². The molecular weight excluding hydrogens is 655 g/mol. The minimum atomic E-state index is 0.921. The van der Waals surface area contributed by atoms with Crippen LogP contribution in [0.25, 0.3) is 76.9 Å². The Morgan fingerprint density at radius 2 is 0.926 bits per heavy atom. The molecule has 2 nitrogen and oxygen atoms in total. The van der Waals surface area contributed by atoms with Crippen molar-refractivity contribution in [3.8, 4) is 33.4 Å². The largest absolute Gasteiger partial charge is 0.455 e. The van der Waals surface area contributed by atoms with Gasteiger partial charge in [-0.3, -0.25) is 0 Å². The maximum atomic E-state index is 6.50. The average molecular weight is 692 g/mol. The van der Waals surface area contributed by atoms with Crippen molar-refractivity contribution in [3.05, 3.63) is 199 Å². The van der Waals surface area contributed by atoms with Gasteiger partial charge < -0.3 is 9.32 Å². The molecule has 0 aliphatic rings. The van der Waals surface area contributed by atoms with Crippen LogP contribution in [0.4, 0.5) is 17.1 Å². The first-order chi connectivity index (χ1) is 26.6. The van der Waals surface area contributed by atoms with Crippen LogP contribution < -0.4 is 4.90 Å². The summed E-state index contributed by atoms with van der Waals surface area (Å²) < 4.78 is 6.50. The van der Waals surface area contributed by atoms with Crippen molar-refractivity contribution in [3.63, 3.8) is 0 Å². The molecule has 0 saturated heterocycles. The molecule has 0 N–H and O–H groups in total. The molecule has 2 heteroatoms. The van der Waals surface area contributed by atoms with E-state index >= 15 is 0 Å². The molecule has 0 fully saturated rings. The molecule has 0 saturated carbocycles. The number of rotatable bonds is 6. The molecule has 54 heavy (non-hydrogen) atoms. The molecule has 9 aromatic carbocycles. The molecule has 0 bridgehead atoms. The van der Waals surface area contributed by atoms with Crippen LogP contribution in [0, 0.1) is 13.8 Å². The van der Waals surface area contributed by atoms with Crippen LogP contribution in [0.15, 0.2) is 192 Å². The molecule has 0 amide bonds. The van der Waals surface area contributed by atoms with Crippen LogP contribution in [0.5, 0.6) is 0 Å². The number of aryl methyl sites for hydroxylation is 2. The Balaban J connectivity index is 1.06. The number of nitrogens with zero attached hydrogens (tertiary/aromatic N) is 1. The number of anilines is 3. The molecule has 0 atom stereocenters. The number of fused-ring (bicyclic) bond motifs is 5. The summed E-state index contributed by atoms with van der Waals surface area (Å²) in [5, 5.41) is 7.33. The predicted molar refractivity (Wildman–Crippen MR) is 229 cm³/mol. The second-order valence-electron chi connectivity index (χ2n) is 14.4. The fourth-order valence-corrected chi connectivity index (χ4v) is 8.03. The van der Waals surface area contributed by atoms with Gasteiger partial charge in [-0.05, 0) is 136 Å². The Morgan fingerprint density at radius 1 is 0.352 bits per heavy atom. The van der Waals surface area contributed by atoms with E-state index in [1.807, 2.05) is 0 Å². The molecule has 1 aromatic heterocycles. The highest BCUT2D eigenvalue weighted by molar-refractivity contribution is 6.10. The van der Waals surface area contributed by atoms with Gasteiger partial charge in [0.1, 0.15) is 11.2 Å². The second kappa shape index (κ2) is 12.9. The molecule has 0 spiro atoms. The van der Waals surface area contributed by atoms with E-state index in [1.165, 1.54) is 54.9 Å². The van der Waals surface area contributed by atoms with E-state index in [2.05, 4.69) is 207 Å². The summed E-state index contributed by atoms with van der Waals surface area (Å²) in [6.45, 7) is 4.30. The molecular formula is C52H37NO. The molecule has 10 rings (SSSR count). The van der Waals surface area contributed by atoms with Gasteiger partial charge in [-0.2, -0.15) is 0 Å². The molecule has 1 heterocycles. The Kier molecular flexibility index (Phi) is 7.63. The van der Waals surface area contributed by atoms with Crippen LogP contribution in [-0.2, 0) is 0 Å². The third-order valence-electron chi connectivity index (χ3n) is 10.7. The third-order valence-corrected chi connectivity index (χ3v) is 10.7. The van der Waals surface area contributed by atoms with Gasteiger partial charge in [0.25, 0.3) is 0 Å². The van der Waals surface area contributed by atoms with E-state index in [-0.39, 0.29) is 0 Å². The third kappa shape index (κ3) is 5.60. The van der Waals surface area contributed by atoms with E-state index in [4.69, 9.17) is 4.42 Å². The van der Waals surface area contributed by atoms with E-state index in [0.717, 1.165) is 50.1 Å². The summed E-state index contributed by atoms with van der Waals surface area (Å²) in [4.78, 5) is 2.34. The summed E-state index contributed by atoms with van der Waals surface area (Å²) in [5.74, 6) is 0. The SMILES string of the molecule is Cc1ccc2oc3c(-c4ccc(N(c5ccc(-c6ccc7ccccc7c6)cc5)c5ccc(-c6cccc7ccccc67)cc5)cc4)cc(C)cc3c2c1. The number of benzene rings is 9. The summed E-state index contributed by atoms with van der Waals surface area (Å²) >= 11 is 0. The van der Waals surface area contributed by atoms with Crippen LogP contribution in [0.3, 0.4) is 0 Å². The van der Waals surface area contributed by atoms with Gasteiger partial charge in [-0.25, -0.2) is 0 Å². The fourth-order valence-electron chi connectivity index (χ4n) is 8.03. The average Bonchev–Trinajstić information content (AvgIpc) is 3.58. The monoisotopic (exact) mass is 691 g/mol. The topological polar surface area (TPSA) is 16.4 Å². The standard InChI is InChI=1S/C52H37NO/c1-34-14-29-51-49(30-34)50-32-35(2)31-48(52(50)54-51)40-21-27-45(28-22-40)53(43-23-17-37(18-24-43)42-16-15-36-8-3-4-10-41(36)33-42)44-25-19-39(20-26-44)47-13-7-11-38-9-5-6-12-46(38)47/h3-33H,1-2H3. The lowest BCUT2D eigenvalue weighted by molar-refractivity contribution is 0.670. The Bertz CT molecular complexity index is 2980. The zero-order chi connectivity index (χ0) is 36.2. The Hall–Kier alpha value is -6.90. The number of hydrogen-bond acceptors (Lipinski definition) is 2. The Labute approximate surface area is 315 Å². The van der Waals surface area contributed by atoms with Gasteiger partial charge >= 0.3 is 0 Å². The van der Waals surface area contributed by atoms with Crippen molar-refractivity contribution in [1.82, 2.24) is 0 Å². The summed E-state index contributed by atoms with van der Waals surface area (Å²) in [5.41, 5.74) is 14.6. The number of hydrogen-bond donors (Lipinski definition) is 0. The maximum absolute atomic E-state index is 6.50. The van der Waals surface area contributed by atoms with Gasteiger partial charge in [0, 0.05) is 33.4 Å². The molecule has 256 valence electrons. The van der Waals surface area contributed by atoms with Gasteiger partial charge in [0.2, 0.25) is 0 Å². The second-order valence-corrected chi connectivity index (χ2v) is 14.4. The highest BCUT2D eigenvalue weighted by Gasteiger charge is 2.17. The van der Waals surface area contributed by atoms with Gasteiger partial charge in [-0.15, -0.1) is 0 Å². The van der Waals surface area contributed by atoms with Crippen molar-refractivity contribution in [2.24, 2.45) is 0 Å². The summed E-state index contributed by atoms with van der Waals surface area (Å²) in [7, 11) is 0. The first-order valence-electron chi connectivity index (χ1n) is 18.6. The normalized spacial score (nSPS) is 11.5. The quantitative estimate of drug-likeness (QED) is 0.173. The summed E-state index contributed by atoms with van der Waals surface area (Å²) in [6, 6.07) is 68.1. The van der Waals surface area contributed by atoms with Crippen molar-refractivity contribution in [2.75, 3.05) is 4.90 Å². The van der Waals surface area contributed by atoms with Crippen LogP contribution >= 0.6 is 0 Å². The van der Waals surface area contributed by atoms with Crippen LogP contribution in [0.2, 0.25) is 0 Å². The minimum Gasteiger partial charge on any atom is -0.455 e. The van der Waals surface area contributed by atoms with E-state index in [1.54, 1.807) is 0 Å². The molecule has 0 aliphatic carbocycles. The first kappa shape index (κ1) is 31.8. The van der Waals surface area contributed by atoms with Crippen LogP contribution in [-0.4, -0.2) is 0 Å². The summed E-state index contributed by atoms with van der Waals surface area (Å²) in [6.07, 6.45) is 0. The number of furan rings is 1. The van der Waals surface area contributed by atoms with Crippen molar-refractivity contribution < 1.29 is 4.42 Å². The van der Waals surface area contributed by atoms with E-state index in [9.17, 15) is 0 Å². The zero-order valence-electron chi connectivity index (χ0n) is 30.3. The lowest BCUT2D eigenvalue weighted by Crippen LogP contribution is -2.09. The lowest BCUT2D eigenvalue weighted by Gasteiger charge is -2.26. The van der Waals surface area contributed by atoms with Gasteiger partial charge in [-0.1, -0.05) is 127 Å². The van der Waals surface area contributed by atoms with Crippen molar-refractivity contribution >= 4 is 60.5 Å². The van der Waals surface area contributed by atoms with Crippen molar-refractivity contribution in [2.45, 2.75) is 13.8 Å². The lowest BCUT2D eigenvalue weighted by atomic mass is 9.97. The molecule has 10 aromatic rings.